The van der Waals surface area contributed by atoms with E-state index in [1.54, 1.807) is 7.05 Å². The molecule has 9 heteroatoms. The summed E-state index contributed by atoms with van der Waals surface area (Å²) < 4.78 is 25.7. The van der Waals surface area contributed by atoms with Gasteiger partial charge in [-0.15, -0.1) is 24.0 Å². The van der Waals surface area contributed by atoms with Crippen LogP contribution in [0.5, 0.6) is 0 Å². The number of hydrogen-bond acceptors (Lipinski definition) is 4. The number of guanidine groups is 1. The van der Waals surface area contributed by atoms with E-state index in [1.165, 1.54) is 25.5 Å². The van der Waals surface area contributed by atoms with Crippen LogP contribution in [0.4, 0.5) is 0 Å². The van der Waals surface area contributed by atoms with E-state index in [9.17, 15) is 8.42 Å². The molecule has 1 fully saturated rings. The van der Waals surface area contributed by atoms with Crippen molar-refractivity contribution in [2.75, 3.05) is 27.2 Å². The fourth-order valence-corrected chi connectivity index (χ4v) is 4.59. The number of likely N-dealkylation sites (tertiary alicyclic amines) is 1. The van der Waals surface area contributed by atoms with Crippen molar-refractivity contribution >= 4 is 40.0 Å². The highest BCUT2D eigenvalue weighted by Gasteiger charge is 2.24. The molecule has 1 unspecified atom stereocenters. The summed E-state index contributed by atoms with van der Waals surface area (Å²) in [7, 11) is -0.0495. The van der Waals surface area contributed by atoms with Gasteiger partial charge in [0.05, 0.1) is 5.75 Å². The normalized spacial score (nSPS) is 17.1. The van der Waals surface area contributed by atoms with Gasteiger partial charge in [0.15, 0.2) is 5.96 Å². The summed E-state index contributed by atoms with van der Waals surface area (Å²) in [5, 5.41) is 6.80. The smallest absolute Gasteiger partial charge is 0.215 e. The molecular formula is C23H34IN5O2S. The van der Waals surface area contributed by atoms with Crippen molar-refractivity contribution in [1.29, 1.82) is 0 Å². The molecule has 1 heterocycles. The summed E-state index contributed by atoms with van der Waals surface area (Å²) in [5.41, 5.74) is 3.18. The number of nitrogens with one attached hydrogen (secondary N) is 3. The average Bonchev–Trinajstić information content (AvgIpc) is 3.22. The number of rotatable bonds is 9. The van der Waals surface area contributed by atoms with Crippen LogP contribution in [0.2, 0.25) is 0 Å². The maximum absolute atomic E-state index is 11.7. The van der Waals surface area contributed by atoms with E-state index >= 15 is 0 Å². The molecule has 2 aromatic rings. The summed E-state index contributed by atoms with van der Waals surface area (Å²) in [6.07, 6.45) is 2.41. The Labute approximate surface area is 209 Å². The summed E-state index contributed by atoms with van der Waals surface area (Å²) in [6, 6.07) is 18.7. The largest absolute Gasteiger partial charge is 0.355 e. The predicted octanol–water partition coefficient (Wildman–Crippen LogP) is 2.68. The molecule has 3 rings (SSSR count). The maximum Gasteiger partial charge on any atom is 0.215 e. The summed E-state index contributed by atoms with van der Waals surface area (Å²) in [5.74, 6) is 0.759. The zero-order chi connectivity index (χ0) is 22.1. The van der Waals surface area contributed by atoms with E-state index in [1.807, 2.05) is 24.3 Å². The van der Waals surface area contributed by atoms with Crippen molar-refractivity contribution in [3.8, 4) is 0 Å². The first-order chi connectivity index (χ1) is 15.0. The zero-order valence-corrected chi connectivity index (χ0v) is 21.9. The molecule has 0 bridgehead atoms. The Bertz CT molecular complexity index is 952. The maximum atomic E-state index is 11.7. The molecule has 0 aromatic heterocycles. The van der Waals surface area contributed by atoms with Gasteiger partial charge in [-0.25, -0.2) is 13.1 Å². The van der Waals surface area contributed by atoms with Crippen LogP contribution in [0.1, 0.15) is 29.5 Å². The Morgan fingerprint density at radius 3 is 2.38 bits per heavy atom. The Balaban J connectivity index is 0.00000363. The van der Waals surface area contributed by atoms with E-state index in [2.05, 4.69) is 55.6 Å². The van der Waals surface area contributed by atoms with Gasteiger partial charge in [-0.1, -0.05) is 54.6 Å². The molecule has 1 saturated heterocycles. The van der Waals surface area contributed by atoms with Gasteiger partial charge in [-0.05, 0) is 43.1 Å². The third-order valence-electron chi connectivity index (χ3n) is 5.61. The lowest BCUT2D eigenvalue weighted by atomic mass is 10.1. The third-order valence-corrected chi connectivity index (χ3v) is 6.94. The second-order valence-electron chi connectivity index (χ2n) is 7.84. The molecule has 0 spiro atoms. The SMILES string of the molecule is CN=C(NCc1ccc(CS(=O)(=O)NC)cc1)NCC1CCCN1Cc1ccccc1.I. The van der Waals surface area contributed by atoms with Gasteiger partial charge >= 0.3 is 0 Å². The number of hydrogen-bond donors (Lipinski definition) is 3. The third kappa shape index (κ3) is 8.34. The molecule has 3 N–H and O–H groups in total. The number of nitrogens with zero attached hydrogens (tertiary/aromatic N) is 2. The molecule has 7 nitrogen and oxygen atoms in total. The first kappa shape index (κ1) is 26.6. The minimum Gasteiger partial charge on any atom is -0.355 e. The Kier molecular flexibility index (Phi) is 10.9. The molecule has 32 heavy (non-hydrogen) atoms. The number of sulfonamides is 1. The van der Waals surface area contributed by atoms with Crippen LogP contribution in [0.15, 0.2) is 59.6 Å². The number of halogens is 1. The molecule has 1 aliphatic rings. The van der Waals surface area contributed by atoms with Gasteiger partial charge in [0.25, 0.3) is 0 Å². The van der Waals surface area contributed by atoms with Gasteiger partial charge in [-0.3, -0.25) is 9.89 Å². The van der Waals surface area contributed by atoms with E-state index in [0.717, 1.165) is 36.7 Å². The number of aliphatic imine (C=N–C) groups is 1. The van der Waals surface area contributed by atoms with Crippen molar-refractivity contribution in [2.24, 2.45) is 4.99 Å². The Hall–Kier alpha value is -1.69. The summed E-state index contributed by atoms with van der Waals surface area (Å²) in [4.78, 5) is 6.87. The van der Waals surface area contributed by atoms with Crippen LogP contribution in [-0.4, -0.2) is 52.5 Å². The average molecular weight is 572 g/mol. The van der Waals surface area contributed by atoms with Gasteiger partial charge in [0.1, 0.15) is 0 Å². The van der Waals surface area contributed by atoms with Crippen LogP contribution in [0, 0.1) is 0 Å². The topological polar surface area (TPSA) is 85.8 Å². The van der Waals surface area contributed by atoms with E-state index in [4.69, 9.17) is 0 Å². The quantitative estimate of drug-likeness (QED) is 0.245. The van der Waals surface area contributed by atoms with Crippen LogP contribution < -0.4 is 15.4 Å². The highest BCUT2D eigenvalue weighted by atomic mass is 127. The lowest BCUT2D eigenvalue weighted by Crippen LogP contribution is -2.44. The Morgan fingerprint density at radius 2 is 1.72 bits per heavy atom. The van der Waals surface area contributed by atoms with Crippen LogP contribution in [0.25, 0.3) is 0 Å². The highest BCUT2D eigenvalue weighted by molar-refractivity contribution is 14.0. The molecule has 0 radical (unpaired) electrons. The van der Waals surface area contributed by atoms with Gasteiger partial charge in [0, 0.05) is 32.7 Å². The minimum atomic E-state index is -3.25. The molecule has 0 saturated carbocycles. The summed E-state index contributed by atoms with van der Waals surface area (Å²) in [6.45, 7) is 3.59. The second-order valence-corrected chi connectivity index (χ2v) is 9.76. The van der Waals surface area contributed by atoms with Gasteiger partial charge in [0.2, 0.25) is 10.0 Å². The van der Waals surface area contributed by atoms with E-state index < -0.39 is 10.0 Å². The van der Waals surface area contributed by atoms with Crippen LogP contribution >= 0.6 is 24.0 Å². The fourth-order valence-electron chi connectivity index (χ4n) is 3.82. The van der Waals surface area contributed by atoms with Crippen molar-refractivity contribution in [2.45, 2.75) is 37.7 Å². The fraction of sp³-hybridized carbons (Fsp3) is 0.435. The predicted molar refractivity (Wildman–Crippen MR) is 142 cm³/mol. The van der Waals surface area contributed by atoms with Crippen molar-refractivity contribution in [1.82, 2.24) is 20.3 Å². The van der Waals surface area contributed by atoms with Crippen molar-refractivity contribution in [3.05, 3.63) is 71.3 Å². The zero-order valence-electron chi connectivity index (χ0n) is 18.8. The first-order valence-corrected chi connectivity index (χ1v) is 12.4. The molecule has 0 amide bonds. The van der Waals surface area contributed by atoms with Gasteiger partial charge in [-0.2, -0.15) is 0 Å². The lowest BCUT2D eigenvalue weighted by molar-refractivity contribution is 0.245. The lowest BCUT2D eigenvalue weighted by Gasteiger charge is -2.25. The van der Waals surface area contributed by atoms with Crippen molar-refractivity contribution < 1.29 is 8.42 Å². The monoisotopic (exact) mass is 571 g/mol. The molecule has 1 atom stereocenters. The Morgan fingerprint density at radius 1 is 1.03 bits per heavy atom. The molecule has 2 aromatic carbocycles. The molecule has 1 aliphatic heterocycles. The number of benzene rings is 2. The van der Waals surface area contributed by atoms with Gasteiger partial charge < -0.3 is 10.6 Å². The van der Waals surface area contributed by atoms with Crippen molar-refractivity contribution in [3.63, 3.8) is 0 Å². The molecule has 0 aliphatic carbocycles. The van der Waals surface area contributed by atoms with Crippen LogP contribution in [-0.2, 0) is 28.9 Å². The second kappa shape index (κ2) is 13.1. The van der Waals surface area contributed by atoms with Crippen LogP contribution in [0.3, 0.4) is 0 Å². The first-order valence-electron chi connectivity index (χ1n) is 10.7. The molecule has 176 valence electrons. The minimum absolute atomic E-state index is 0. The standard InChI is InChI=1S/C23H33N5O2S.HI/c1-24-23(26-15-19-10-12-21(13-11-19)18-31(29,30)25-2)27-16-22-9-6-14-28(22)17-20-7-4-3-5-8-20;/h3-5,7-8,10-13,22,25H,6,9,14-18H2,1-2H3,(H2,24,26,27);1H. The van der Waals surface area contributed by atoms with E-state index in [-0.39, 0.29) is 29.7 Å². The van der Waals surface area contributed by atoms with E-state index in [0.29, 0.717) is 12.6 Å². The summed E-state index contributed by atoms with van der Waals surface area (Å²) >= 11 is 0. The highest BCUT2D eigenvalue weighted by Crippen LogP contribution is 2.19. The molecular weight excluding hydrogens is 537 g/mol.